The molecule has 0 bridgehead atoms. The van der Waals surface area contributed by atoms with E-state index >= 15 is 0 Å². The van der Waals surface area contributed by atoms with Crippen molar-refractivity contribution >= 4 is 27.4 Å². The lowest BCUT2D eigenvalue weighted by atomic mass is 10.3. The van der Waals surface area contributed by atoms with Crippen LogP contribution in [-0.2, 0) is 10.1 Å². The van der Waals surface area contributed by atoms with Crippen molar-refractivity contribution in [3.63, 3.8) is 0 Å². The predicted octanol–water partition coefficient (Wildman–Crippen LogP) is 3.02. The summed E-state index contributed by atoms with van der Waals surface area (Å²) in [6, 6.07) is 8.88. The van der Waals surface area contributed by atoms with Crippen LogP contribution in [0.25, 0.3) is 0 Å². The first kappa shape index (κ1) is 16.1. The highest BCUT2D eigenvalue weighted by Gasteiger charge is 2.22. The van der Waals surface area contributed by atoms with E-state index in [1.54, 1.807) is 0 Å². The maximum atomic E-state index is 12.2. The molecule has 7 nitrogen and oxygen atoms in total. The Hall–Kier alpha value is -2.32. The van der Waals surface area contributed by atoms with Gasteiger partial charge in [0.25, 0.3) is 5.69 Å². The van der Waals surface area contributed by atoms with Crippen molar-refractivity contribution < 1.29 is 22.3 Å². The van der Waals surface area contributed by atoms with E-state index in [0.717, 1.165) is 6.07 Å². The van der Waals surface area contributed by atoms with Crippen molar-refractivity contribution in [2.24, 2.45) is 0 Å². The van der Waals surface area contributed by atoms with Gasteiger partial charge in [-0.15, -0.1) is 0 Å². The fraction of sp³-hybridized carbons (Fsp3) is 0.0769. The molecule has 0 N–H and O–H groups in total. The van der Waals surface area contributed by atoms with Crippen LogP contribution in [-0.4, -0.2) is 20.5 Å². The average molecular weight is 344 g/mol. The van der Waals surface area contributed by atoms with Gasteiger partial charge in [-0.1, -0.05) is 17.7 Å². The van der Waals surface area contributed by atoms with Crippen molar-refractivity contribution in [2.45, 2.75) is 4.90 Å². The molecule has 0 aliphatic heterocycles. The highest BCUT2D eigenvalue weighted by atomic mass is 35.5. The van der Waals surface area contributed by atoms with Gasteiger partial charge in [0.05, 0.1) is 23.1 Å². The maximum Gasteiger partial charge on any atom is 0.340 e. The largest absolute Gasteiger partial charge is 0.497 e. The Kier molecular flexibility index (Phi) is 4.53. The number of non-ortho nitro benzene ring substituents is 1. The molecule has 0 amide bonds. The number of benzene rings is 2. The lowest BCUT2D eigenvalue weighted by Gasteiger charge is -2.09. The molecule has 0 fully saturated rings. The van der Waals surface area contributed by atoms with Crippen LogP contribution in [0, 0.1) is 10.1 Å². The summed E-state index contributed by atoms with van der Waals surface area (Å²) in [4.78, 5) is 9.74. The molecule has 2 aromatic rings. The van der Waals surface area contributed by atoms with Crippen molar-refractivity contribution in [2.75, 3.05) is 7.11 Å². The Balaban J connectivity index is 2.40. The fourth-order valence-corrected chi connectivity index (χ4v) is 3.04. The molecule has 0 saturated heterocycles. The molecule has 0 aliphatic carbocycles. The van der Waals surface area contributed by atoms with E-state index in [4.69, 9.17) is 20.5 Å². The van der Waals surface area contributed by atoms with Gasteiger partial charge < -0.3 is 8.92 Å². The van der Waals surface area contributed by atoms with E-state index in [0.29, 0.717) is 0 Å². The Bertz CT molecular complexity index is 821. The van der Waals surface area contributed by atoms with Gasteiger partial charge in [0.2, 0.25) is 0 Å². The molecule has 0 heterocycles. The summed E-state index contributed by atoms with van der Waals surface area (Å²) in [5.41, 5.74) is -0.288. The van der Waals surface area contributed by atoms with Crippen LogP contribution in [0.3, 0.4) is 0 Å². The SMILES string of the molecule is COc1ccc(Cl)c(S(=O)(=O)Oc2cccc([N+](=O)[O-])c2)c1. The standard InChI is InChI=1S/C13H10ClNO6S/c1-20-10-5-6-12(14)13(8-10)22(18,19)21-11-4-2-3-9(7-11)15(16)17/h2-8H,1H3. The predicted molar refractivity (Wildman–Crippen MR) is 78.9 cm³/mol. The molecule has 0 unspecified atom stereocenters. The third-order valence-corrected chi connectivity index (χ3v) is 4.37. The van der Waals surface area contributed by atoms with Crippen LogP contribution < -0.4 is 8.92 Å². The second kappa shape index (κ2) is 6.20. The molecule has 0 spiro atoms. The molecule has 0 saturated carbocycles. The Morgan fingerprint density at radius 2 is 1.86 bits per heavy atom. The number of hydrogen-bond acceptors (Lipinski definition) is 6. The minimum Gasteiger partial charge on any atom is -0.497 e. The molecule has 116 valence electrons. The molecule has 9 heteroatoms. The summed E-state index contributed by atoms with van der Waals surface area (Å²) < 4.78 is 34.3. The van der Waals surface area contributed by atoms with E-state index in [-0.39, 0.29) is 27.1 Å². The van der Waals surface area contributed by atoms with Crippen molar-refractivity contribution in [1.29, 1.82) is 0 Å². The van der Waals surface area contributed by atoms with E-state index in [1.165, 1.54) is 43.5 Å². The van der Waals surface area contributed by atoms with Gasteiger partial charge in [0.1, 0.15) is 16.4 Å². The minimum absolute atomic E-state index is 0.0498. The van der Waals surface area contributed by atoms with E-state index in [2.05, 4.69) is 0 Å². The molecular formula is C13H10ClNO6S. The minimum atomic E-state index is -4.25. The topological polar surface area (TPSA) is 95.7 Å². The van der Waals surface area contributed by atoms with Crippen LogP contribution in [0.15, 0.2) is 47.4 Å². The summed E-state index contributed by atoms with van der Waals surface area (Å²) >= 11 is 5.86. The van der Waals surface area contributed by atoms with Crippen LogP contribution in [0.2, 0.25) is 5.02 Å². The van der Waals surface area contributed by atoms with Gasteiger partial charge in [-0.05, 0) is 18.2 Å². The van der Waals surface area contributed by atoms with Gasteiger partial charge in [-0.2, -0.15) is 8.42 Å². The molecular weight excluding hydrogens is 334 g/mol. The highest BCUT2D eigenvalue weighted by molar-refractivity contribution is 7.87. The van der Waals surface area contributed by atoms with Crippen LogP contribution >= 0.6 is 11.6 Å². The Morgan fingerprint density at radius 1 is 1.14 bits per heavy atom. The quantitative estimate of drug-likeness (QED) is 0.470. The van der Waals surface area contributed by atoms with E-state index < -0.39 is 15.0 Å². The number of halogens is 1. The highest BCUT2D eigenvalue weighted by Crippen LogP contribution is 2.29. The second-order valence-corrected chi connectivity index (χ2v) is 6.01. The van der Waals surface area contributed by atoms with Crippen LogP contribution in [0.4, 0.5) is 5.69 Å². The monoisotopic (exact) mass is 343 g/mol. The first-order chi connectivity index (χ1) is 10.3. The first-order valence-electron chi connectivity index (χ1n) is 5.86. The van der Waals surface area contributed by atoms with Crippen molar-refractivity contribution in [3.05, 3.63) is 57.6 Å². The number of hydrogen-bond donors (Lipinski definition) is 0. The van der Waals surface area contributed by atoms with E-state index in [9.17, 15) is 18.5 Å². The molecule has 0 aromatic heterocycles. The number of rotatable bonds is 5. The van der Waals surface area contributed by atoms with Gasteiger partial charge in [-0.3, -0.25) is 10.1 Å². The number of nitro benzene ring substituents is 1. The molecule has 0 aliphatic rings. The number of methoxy groups -OCH3 is 1. The van der Waals surface area contributed by atoms with Crippen LogP contribution in [0.5, 0.6) is 11.5 Å². The van der Waals surface area contributed by atoms with Crippen molar-refractivity contribution in [3.8, 4) is 11.5 Å². The number of nitro groups is 1. The van der Waals surface area contributed by atoms with Gasteiger partial charge in [0.15, 0.2) is 0 Å². The third-order valence-electron chi connectivity index (χ3n) is 2.64. The molecule has 0 atom stereocenters. The molecule has 2 aromatic carbocycles. The number of nitrogens with zero attached hydrogens (tertiary/aromatic N) is 1. The lowest BCUT2D eigenvalue weighted by molar-refractivity contribution is -0.384. The zero-order chi connectivity index (χ0) is 16.3. The summed E-state index contributed by atoms with van der Waals surface area (Å²) in [6.45, 7) is 0. The summed E-state index contributed by atoms with van der Waals surface area (Å²) in [5, 5.41) is 10.6. The van der Waals surface area contributed by atoms with E-state index in [1.807, 2.05) is 0 Å². The average Bonchev–Trinajstić information content (AvgIpc) is 2.47. The molecule has 22 heavy (non-hydrogen) atoms. The summed E-state index contributed by atoms with van der Waals surface area (Å²) in [6.07, 6.45) is 0. The fourth-order valence-electron chi connectivity index (χ4n) is 1.62. The maximum absolute atomic E-state index is 12.2. The summed E-state index contributed by atoms with van der Waals surface area (Å²) in [7, 11) is -2.88. The second-order valence-electron chi connectivity index (χ2n) is 4.09. The first-order valence-corrected chi connectivity index (χ1v) is 7.64. The van der Waals surface area contributed by atoms with Gasteiger partial charge in [-0.25, -0.2) is 0 Å². The Labute approximate surface area is 131 Å². The Morgan fingerprint density at radius 3 is 2.50 bits per heavy atom. The lowest BCUT2D eigenvalue weighted by Crippen LogP contribution is -2.10. The zero-order valence-corrected chi connectivity index (χ0v) is 12.8. The van der Waals surface area contributed by atoms with Gasteiger partial charge >= 0.3 is 10.1 Å². The van der Waals surface area contributed by atoms with Crippen molar-refractivity contribution in [1.82, 2.24) is 0 Å². The molecule has 0 radical (unpaired) electrons. The summed E-state index contributed by atoms with van der Waals surface area (Å²) in [5.74, 6) is 0.0960. The number of ether oxygens (including phenoxy) is 1. The normalized spacial score (nSPS) is 11.0. The van der Waals surface area contributed by atoms with Gasteiger partial charge in [0, 0.05) is 12.1 Å². The zero-order valence-electron chi connectivity index (χ0n) is 11.2. The molecule has 2 rings (SSSR count). The van der Waals surface area contributed by atoms with Crippen LogP contribution in [0.1, 0.15) is 0 Å². The smallest absolute Gasteiger partial charge is 0.340 e. The third kappa shape index (κ3) is 3.46.